The Bertz CT molecular complexity index is 1310. The lowest BCUT2D eigenvalue weighted by molar-refractivity contribution is -0.137. The fourth-order valence-corrected chi connectivity index (χ4v) is 4.66. The first-order chi connectivity index (χ1) is 15.6. The molecule has 7 nitrogen and oxygen atoms in total. The smallest absolute Gasteiger partial charge is 0.416 e. The van der Waals surface area contributed by atoms with E-state index in [9.17, 15) is 26.4 Å². The Labute approximate surface area is 187 Å². The van der Waals surface area contributed by atoms with E-state index in [0.717, 1.165) is 18.2 Å². The molecule has 172 valence electrons. The molecule has 0 saturated heterocycles. The van der Waals surface area contributed by atoms with Crippen LogP contribution in [-0.2, 0) is 16.2 Å². The van der Waals surface area contributed by atoms with Crippen molar-refractivity contribution in [3.63, 3.8) is 0 Å². The lowest BCUT2D eigenvalue weighted by Crippen LogP contribution is -2.38. The summed E-state index contributed by atoms with van der Waals surface area (Å²) in [4.78, 5) is 12.3. The van der Waals surface area contributed by atoms with Gasteiger partial charge in [0.1, 0.15) is 16.8 Å². The van der Waals surface area contributed by atoms with Crippen LogP contribution in [0.1, 0.15) is 27.7 Å². The van der Waals surface area contributed by atoms with Gasteiger partial charge in [-0.25, -0.2) is 8.42 Å². The van der Waals surface area contributed by atoms with E-state index in [4.69, 9.17) is 4.74 Å². The second-order valence-electron chi connectivity index (χ2n) is 7.18. The summed E-state index contributed by atoms with van der Waals surface area (Å²) in [5.74, 6) is 0.0728. The number of ether oxygens (including phenoxy) is 1. The molecule has 0 spiro atoms. The summed E-state index contributed by atoms with van der Waals surface area (Å²) in [6.07, 6.45) is -5.63. The van der Waals surface area contributed by atoms with E-state index in [-0.39, 0.29) is 10.6 Å². The third kappa shape index (κ3) is 4.64. The number of rotatable bonds is 4. The Balaban J connectivity index is 1.56. The number of carbonyl (C=O) groups excluding carboxylic acids is 1. The predicted octanol–water partition coefficient (Wildman–Crippen LogP) is 4.37. The van der Waals surface area contributed by atoms with Gasteiger partial charge in [-0.1, -0.05) is 24.3 Å². The number of anilines is 2. The Morgan fingerprint density at radius 3 is 2.39 bits per heavy atom. The zero-order valence-corrected chi connectivity index (χ0v) is 17.9. The van der Waals surface area contributed by atoms with Gasteiger partial charge in [0.25, 0.3) is 5.91 Å². The van der Waals surface area contributed by atoms with Crippen molar-refractivity contribution in [3.05, 3.63) is 83.4 Å². The zero-order valence-electron chi connectivity index (χ0n) is 17.1. The summed E-state index contributed by atoms with van der Waals surface area (Å²) in [7, 11) is -2.57. The minimum absolute atomic E-state index is 0.161. The van der Waals surface area contributed by atoms with Gasteiger partial charge in [-0.05, 0) is 48.0 Å². The second-order valence-corrected chi connectivity index (χ2v) is 8.87. The van der Waals surface area contributed by atoms with Gasteiger partial charge in [0.05, 0.1) is 24.0 Å². The van der Waals surface area contributed by atoms with Crippen LogP contribution in [0.5, 0.6) is 5.75 Å². The van der Waals surface area contributed by atoms with Gasteiger partial charge in [-0.15, -0.1) is 0 Å². The molecule has 1 amide bonds. The highest BCUT2D eigenvalue weighted by Crippen LogP contribution is 2.37. The fourth-order valence-electron chi connectivity index (χ4n) is 3.38. The van der Waals surface area contributed by atoms with E-state index in [1.807, 2.05) is 0 Å². The van der Waals surface area contributed by atoms with Gasteiger partial charge in [0.2, 0.25) is 10.0 Å². The molecule has 0 aliphatic carbocycles. The normalized spacial score (nSPS) is 16.9. The Hall–Kier alpha value is -3.57. The quantitative estimate of drug-likeness (QED) is 0.519. The van der Waals surface area contributed by atoms with Crippen molar-refractivity contribution in [2.45, 2.75) is 17.2 Å². The summed E-state index contributed by atoms with van der Waals surface area (Å²) in [5, 5.41) is 5.50. The van der Waals surface area contributed by atoms with Crippen LogP contribution in [0.15, 0.2) is 71.6 Å². The van der Waals surface area contributed by atoms with Crippen molar-refractivity contribution < 1.29 is 31.1 Å². The summed E-state index contributed by atoms with van der Waals surface area (Å²) >= 11 is 0. The molecule has 1 atom stereocenters. The summed E-state index contributed by atoms with van der Waals surface area (Å²) in [5.41, 5.74) is 0.0611. The monoisotopic (exact) mass is 477 g/mol. The number of methoxy groups -OCH3 is 1. The predicted molar refractivity (Wildman–Crippen MR) is 116 cm³/mol. The number of sulfonamides is 1. The number of alkyl halides is 3. The van der Waals surface area contributed by atoms with Crippen LogP contribution in [0, 0.1) is 0 Å². The SMILES string of the molecule is COc1ccccc1NC(=O)c1ccc([C@H]2Nc3cc(C(F)(F)F)ccc3S(=O)(=O)N2)cc1. The van der Waals surface area contributed by atoms with Gasteiger partial charge in [0, 0.05) is 5.56 Å². The highest BCUT2D eigenvalue weighted by molar-refractivity contribution is 7.89. The molecule has 33 heavy (non-hydrogen) atoms. The van der Waals surface area contributed by atoms with Crippen molar-refractivity contribution in [1.29, 1.82) is 0 Å². The van der Waals surface area contributed by atoms with Crippen LogP contribution in [0.3, 0.4) is 0 Å². The first-order valence-corrected chi connectivity index (χ1v) is 11.1. The number of halogens is 3. The number of fused-ring (bicyclic) bond motifs is 1. The Kier molecular flexibility index (Phi) is 5.76. The van der Waals surface area contributed by atoms with E-state index in [0.29, 0.717) is 22.6 Å². The van der Waals surface area contributed by atoms with Crippen LogP contribution in [0.4, 0.5) is 24.5 Å². The first kappa shape index (κ1) is 22.6. The van der Waals surface area contributed by atoms with Gasteiger partial charge in [-0.2, -0.15) is 17.9 Å². The molecule has 3 aromatic rings. The average Bonchev–Trinajstić information content (AvgIpc) is 2.78. The number of carbonyl (C=O) groups is 1. The molecule has 0 radical (unpaired) electrons. The molecule has 0 unspecified atom stereocenters. The number of nitrogens with one attached hydrogen (secondary N) is 3. The Morgan fingerprint density at radius 1 is 1.03 bits per heavy atom. The highest BCUT2D eigenvalue weighted by Gasteiger charge is 2.35. The molecular weight excluding hydrogens is 459 g/mol. The van der Waals surface area contributed by atoms with Crippen molar-refractivity contribution in [2.75, 3.05) is 17.7 Å². The van der Waals surface area contributed by atoms with Crippen LogP contribution >= 0.6 is 0 Å². The lowest BCUT2D eigenvalue weighted by Gasteiger charge is -2.29. The van der Waals surface area contributed by atoms with Crippen molar-refractivity contribution in [3.8, 4) is 5.75 Å². The molecule has 0 fully saturated rings. The van der Waals surface area contributed by atoms with Crippen LogP contribution in [0.25, 0.3) is 0 Å². The summed E-state index contributed by atoms with van der Waals surface area (Å²) in [6.45, 7) is 0. The lowest BCUT2D eigenvalue weighted by atomic mass is 10.1. The van der Waals surface area contributed by atoms with Crippen LogP contribution in [-0.4, -0.2) is 21.4 Å². The van der Waals surface area contributed by atoms with Gasteiger partial charge < -0.3 is 15.4 Å². The zero-order chi connectivity index (χ0) is 23.8. The number of hydrogen-bond acceptors (Lipinski definition) is 5. The molecule has 1 aliphatic heterocycles. The van der Waals surface area contributed by atoms with E-state index in [1.165, 1.54) is 31.4 Å². The van der Waals surface area contributed by atoms with E-state index < -0.39 is 33.8 Å². The Morgan fingerprint density at radius 2 is 1.73 bits per heavy atom. The third-order valence-corrected chi connectivity index (χ3v) is 6.51. The first-order valence-electron chi connectivity index (χ1n) is 9.63. The van der Waals surface area contributed by atoms with Gasteiger partial charge in [-0.3, -0.25) is 4.79 Å². The fraction of sp³-hybridized carbons (Fsp3) is 0.136. The maximum absolute atomic E-state index is 13.1. The maximum Gasteiger partial charge on any atom is 0.416 e. The standard InChI is InChI=1S/C22H18F3N3O4S/c1-32-18-5-3-2-4-16(18)27-21(29)14-8-6-13(7-9-14)20-26-17-12-15(22(23,24)25)10-11-19(17)33(30,31)28-20/h2-12,20,26,28H,1H3,(H,27,29)/t20-/m0/s1. The topological polar surface area (TPSA) is 96.5 Å². The minimum Gasteiger partial charge on any atom is -0.495 e. The second kappa shape index (κ2) is 8.41. The molecule has 4 rings (SSSR count). The van der Waals surface area contributed by atoms with Crippen LogP contribution < -0.4 is 20.1 Å². The van der Waals surface area contributed by atoms with Gasteiger partial charge in [0.15, 0.2) is 0 Å². The number of benzene rings is 3. The van der Waals surface area contributed by atoms with Crippen molar-refractivity contribution in [2.24, 2.45) is 0 Å². The molecule has 3 aromatic carbocycles. The minimum atomic E-state index is -4.61. The number of amides is 1. The number of para-hydroxylation sites is 2. The molecule has 11 heteroatoms. The average molecular weight is 477 g/mol. The summed E-state index contributed by atoms with van der Waals surface area (Å²) in [6, 6.07) is 15.3. The largest absolute Gasteiger partial charge is 0.495 e. The third-order valence-electron chi connectivity index (χ3n) is 5.03. The molecular formula is C22H18F3N3O4S. The van der Waals surface area contributed by atoms with E-state index >= 15 is 0 Å². The molecule has 0 aromatic heterocycles. The van der Waals surface area contributed by atoms with Crippen LogP contribution in [0.2, 0.25) is 0 Å². The molecule has 1 heterocycles. The molecule has 0 saturated carbocycles. The molecule has 0 bridgehead atoms. The maximum atomic E-state index is 13.1. The van der Waals surface area contributed by atoms with Crippen molar-refractivity contribution in [1.82, 2.24) is 4.72 Å². The summed E-state index contributed by atoms with van der Waals surface area (Å²) < 4.78 is 71.9. The highest BCUT2D eigenvalue weighted by atomic mass is 32.2. The van der Waals surface area contributed by atoms with Crippen molar-refractivity contribution >= 4 is 27.3 Å². The molecule has 1 aliphatic rings. The number of hydrogen-bond donors (Lipinski definition) is 3. The van der Waals surface area contributed by atoms with E-state index in [1.54, 1.807) is 24.3 Å². The van der Waals surface area contributed by atoms with E-state index in [2.05, 4.69) is 15.4 Å². The molecule has 3 N–H and O–H groups in total. The van der Waals surface area contributed by atoms with Gasteiger partial charge >= 0.3 is 6.18 Å².